The number of hydrogen-bond donors (Lipinski definition) is 2. The predicted molar refractivity (Wildman–Crippen MR) is 169 cm³/mol. The Balaban J connectivity index is 1.24. The lowest BCUT2D eigenvalue weighted by molar-refractivity contribution is -0.384. The lowest BCUT2D eigenvalue weighted by Crippen LogP contribution is -2.49. The molecular formula is C30H30ClFN6O4S. The van der Waals surface area contributed by atoms with Crippen LogP contribution in [0.3, 0.4) is 0 Å². The SMILES string of the molecule is O=C(NC(=S)Nc1cc(Cl)ccc1N1CCN(C(=O)c2ccccc2F)CC1)c1ccc(N2CCCCC2)c([N+](=O)[O-])c1. The van der Waals surface area contributed by atoms with Crippen LogP contribution in [0.4, 0.5) is 27.1 Å². The van der Waals surface area contributed by atoms with Gasteiger partial charge in [-0.3, -0.25) is 25.0 Å². The van der Waals surface area contributed by atoms with E-state index in [0.29, 0.717) is 42.6 Å². The molecule has 2 aliphatic heterocycles. The van der Waals surface area contributed by atoms with Gasteiger partial charge >= 0.3 is 0 Å². The van der Waals surface area contributed by atoms with Gasteiger partial charge in [-0.1, -0.05) is 23.7 Å². The molecule has 0 saturated carbocycles. The number of thiocarbonyl (C=S) groups is 1. The zero-order valence-electron chi connectivity index (χ0n) is 23.2. The molecule has 5 rings (SSSR count). The summed E-state index contributed by atoms with van der Waals surface area (Å²) in [5.41, 5.74) is 1.81. The van der Waals surface area contributed by atoms with Crippen molar-refractivity contribution in [2.45, 2.75) is 19.3 Å². The number of amides is 2. The van der Waals surface area contributed by atoms with Gasteiger partial charge in [0.1, 0.15) is 11.5 Å². The zero-order chi connectivity index (χ0) is 30.5. The number of nitro groups is 1. The number of piperidine rings is 1. The number of carbonyl (C=O) groups excluding carboxylic acids is 2. The van der Waals surface area contributed by atoms with Crippen LogP contribution in [0.15, 0.2) is 60.7 Å². The summed E-state index contributed by atoms with van der Waals surface area (Å²) in [6.45, 7) is 3.18. The van der Waals surface area contributed by atoms with Crippen molar-refractivity contribution < 1.29 is 18.9 Å². The summed E-state index contributed by atoms with van der Waals surface area (Å²) in [6.07, 6.45) is 3.02. The van der Waals surface area contributed by atoms with E-state index in [0.717, 1.165) is 38.0 Å². The number of benzene rings is 3. The van der Waals surface area contributed by atoms with Gasteiger partial charge in [0.05, 0.1) is 21.9 Å². The number of nitrogens with one attached hydrogen (secondary N) is 2. The van der Waals surface area contributed by atoms with Crippen molar-refractivity contribution in [2.24, 2.45) is 0 Å². The summed E-state index contributed by atoms with van der Waals surface area (Å²) in [5, 5.41) is 17.9. The maximum absolute atomic E-state index is 14.1. The van der Waals surface area contributed by atoms with Crippen LogP contribution in [-0.4, -0.2) is 66.0 Å². The van der Waals surface area contributed by atoms with Crippen LogP contribution in [0.25, 0.3) is 0 Å². The maximum Gasteiger partial charge on any atom is 0.293 e. The molecule has 0 spiro atoms. The van der Waals surface area contributed by atoms with E-state index in [1.165, 1.54) is 18.2 Å². The van der Waals surface area contributed by atoms with Crippen molar-refractivity contribution >= 4 is 63.5 Å². The molecule has 2 fully saturated rings. The first kappa shape index (κ1) is 30.2. The van der Waals surface area contributed by atoms with Gasteiger partial charge < -0.3 is 20.0 Å². The van der Waals surface area contributed by atoms with Gasteiger partial charge in [-0.25, -0.2) is 4.39 Å². The molecule has 43 heavy (non-hydrogen) atoms. The highest BCUT2D eigenvalue weighted by Crippen LogP contribution is 2.32. The van der Waals surface area contributed by atoms with Gasteiger partial charge in [0.15, 0.2) is 5.11 Å². The molecule has 0 unspecified atom stereocenters. The Morgan fingerprint density at radius 1 is 0.884 bits per heavy atom. The van der Waals surface area contributed by atoms with Crippen LogP contribution in [0.5, 0.6) is 0 Å². The second-order valence-corrected chi connectivity index (χ2v) is 11.2. The fraction of sp³-hybridized carbons (Fsp3) is 0.300. The molecule has 0 radical (unpaired) electrons. The van der Waals surface area contributed by atoms with Gasteiger partial charge in [-0.15, -0.1) is 0 Å². The molecule has 224 valence electrons. The molecule has 2 heterocycles. The number of hydrogen-bond acceptors (Lipinski definition) is 7. The quantitative estimate of drug-likeness (QED) is 0.211. The Bertz CT molecular complexity index is 1560. The number of carbonyl (C=O) groups is 2. The summed E-state index contributed by atoms with van der Waals surface area (Å²) in [5.74, 6) is -1.50. The molecule has 2 N–H and O–H groups in total. The molecule has 13 heteroatoms. The van der Waals surface area contributed by atoms with Crippen LogP contribution in [-0.2, 0) is 0 Å². The third-order valence-corrected chi connectivity index (χ3v) is 8.02. The van der Waals surface area contributed by atoms with E-state index in [2.05, 4.69) is 10.6 Å². The van der Waals surface area contributed by atoms with E-state index in [9.17, 15) is 24.1 Å². The highest BCUT2D eigenvalue weighted by Gasteiger charge is 2.26. The van der Waals surface area contributed by atoms with Crippen LogP contribution < -0.4 is 20.4 Å². The first-order chi connectivity index (χ1) is 20.7. The molecule has 0 atom stereocenters. The average Bonchev–Trinajstić information content (AvgIpc) is 3.01. The van der Waals surface area contributed by atoms with Crippen LogP contribution in [0.1, 0.15) is 40.0 Å². The summed E-state index contributed by atoms with van der Waals surface area (Å²) < 4.78 is 14.1. The number of piperazine rings is 1. The van der Waals surface area contributed by atoms with Crippen LogP contribution >= 0.6 is 23.8 Å². The van der Waals surface area contributed by atoms with Crippen LogP contribution in [0.2, 0.25) is 5.02 Å². The topological polar surface area (TPSA) is 111 Å². The van der Waals surface area contributed by atoms with Crippen molar-refractivity contribution in [1.29, 1.82) is 0 Å². The zero-order valence-corrected chi connectivity index (χ0v) is 24.8. The van der Waals surface area contributed by atoms with Gasteiger partial charge in [0.2, 0.25) is 0 Å². The lowest BCUT2D eigenvalue weighted by Gasteiger charge is -2.37. The summed E-state index contributed by atoms with van der Waals surface area (Å²) in [7, 11) is 0. The van der Waals surface area contributed by atoms with E-state index >= 15 is 0 Å². The molecule has 3 aromatic carbocycles. The van der Waals surface area contributed by atoms with E-state index in [1.54, 1.807) is 41.3 Å². The molecule has 0 aliphatic carbocycles. The lowest BCUT2D eigenvalue weighted by atomic mass is 10.1. The third kappa shape index (κ3) is 7.03. The van der Waals surface area contributed by atoms with Crippen molar-refractivity contribution in [2.75, 3.05) is 54.4 Å². The van der Waals surface area contributed by atoms with Gasteiger partial charge in [0.25, 0.3) is 17.5 Å². The van der Waals surface area contributed by atoms with Gasteiger partial charge in [-0.2, -0.15) is 0 Å². The number of nitro benzene ring substituents is 1. The fourth-order valence-corrected chi connectivity index (χ4v) is 5.76. The second-order valence-electron chi connectivity index (χ2n) is 10.3. The molecule has 0 bridgehead atoms. The molecular weight excluding hydrogens is 595 g/mol. The minimum absolute atomic E-state index is 0.00959. The van der Waals surface area contributed by atoms with Gasteiger partial charge in [-0.05, 0) is 73.9 Å². The highest BCUT2D eigenvalue weighted by molar-refractivity contribution is 7.80. The monoisotopic (exact) mass is 624 g/mol. The van der Waals surface area contributed by atoms with E-state index in [-0.39, 0.29) is 27.8 Å². The molecule has 2 amide bonds. The highest BCUT2D eigenvalue weighted by atomic mass is 35.5. The normalized spacial score (nSPS) is 15.2. The Kier molecular flexibility index (Phi) is 9.37. The Hall–Kier alpha value is -4.29. The molecule has 0 aromatic heterocycles. The van der Waals surface area contributed by atoms with Crippen molar-refractivity contribution in [3.8, 4) is 0 Å². The molecule has 2 saturated heterocycles. The Morgan fingerprint density at radius 2 is 1.56 bits per heavy atom. The minimum Gasteiger partial charge on any atom is -0.366 e. The van der Waals surface area contributed by atoms with Gasteiger partial charge in [0, 0.05) is 55.9 Å². The number of nitrogens with zero attached hydrogens (tertiary/aromatic N) is 4. The maximum atomic E-state index is 14.1. The first-order valence-corrected chi connectivity index (χ1v) is 14.7. The fourth-order valence-electron chi connectivity index (χ4n) is 5.38. The predicted octanol–water partition coefficient (Wildman–Crippen LogP) is 5.47. The number of anilines is 3. The third-order valence-electron chi connectivity index (χ3n) is 7.58. The van der Waals surface area contributed by atoms with E-state index in [4.69, 9.17) is 23.8 Å². The van der Waals surface area contributed by atoms with Crippen LogP contribution in [0, 0.1) is 15.9 Å². The van der Waals surface area contributed by atoms with Crippen molar-refractivity contribution in [3.05, 3.63) is 92.7 Å². The van der Waals surface area contributed by atoms with E-state index in [1.807, 2.05) is 15.9 Å². The average molecular weight is 625 g/mol. The Morgan fingerprint density at radius 3 is 2.26 bits per heavy atom. The Labute approximate surface area is 258 Å². The largest absolute Gasteiger partial charge is 0.366 e. The summed E-state index contributed by atoms with van der Waals surface area (Å²) in [4.78, 5) is 42.8. The standard InChI is InChI=1S/C30H30ClFN6O4S/c31-21-9-11-25(36-14-16-37(17-15-36)29(40)22-6-2-3-7-23(22)32)24(19-21)33-30(43)34-28(39)20-8-10-26(27(18-20)38(41)42)35-12-4-1-5-13-35/h2-3,6-11,18-19H,1,4-5,12-17H2,(H2,33,34,39,43). The summed E-state index contributed by atoms with van der Waals surface area (Å²) >= 11 is 11.7. The number of rotatable bonds is 6. The minimum atomic E-state index is -0.588. The van der Waals surface area contributed by atoms with Crippen molar-refractivity contribution in [3.63, 3.8) is 0 Å². The molecule has 3 aromatic rings. The number of halogens is 2. The summed E-state index contributed by atoms with van der Waals surface area (Å²) in [6, 6.07) is 15.6. The smallest absolute Gasteiger partial charge is 0.293 e. The van der Waals surface area contributed by atoms with Crippen molar-refractivity contribution in [1.82, 2.24) is 10.2 Å². The second kappa shape index (κ2) is 13.3. The van der Waals surface area contributed by atoms with E-state index < -0.39 is 16.6 Å². The molecule has 2 aliphatic rings. The first-order valence-electron chi connectivity index (χ1n) is 14.0. The molecule has 10 nitrogen and oxygen atoms in total.